The van der Waals surface area contributed by atoms with Crippen molar-refractivity contribution in [1.29, 1.82) is 0 Å². The Balaban J connectivity index is 1.49. The van der Waals surface area contributed by atoms with Gasteiger partial charge in [0.2, 0.25) is 5.13 Å². The highest BCUT2D eigenvalue weighted by atomic mass is 35.5. The van der Waals surface area contributed by atoms with Crippen molar-refractivity contribution in [3.63, 3.8) is 0 Å². The summed E-state index contributed by atoms with van der Waals surface area (Å²) >= 11 is 7.61. The molecule has 0 saturated carbocycles. The number of anilines is 1. The fourth-order valence-corrected chi connectivity index (χ4v) is 3.85. The zero-order valence-corrected chi connectivity index (χ0v) is 18.1. The maximum absolute atomic E-state index is 12.5. The highest BCUT2D eigenvalue weighted by Crippen LogP contribution is 2.30. The lowest BCUT2D eigenvalue weighted by atomic mass is 10.2. The Morgan fingerprint density at radius 3 is 2.74 bits per heavy atom. The van der Waals surface area contributed by atoms with Gasteiger partial charge in [0.15, 0.2) is 11.5 Å². The molecule has 1 aromatic heterocycles. The number of aromatic nitrogens is 1. The third kappa shape index (κ3) is 5.02. The van der Waals surface area contributed by atoms with E-state index in [9.17, 15) is 4.79 Å². The number of benzene rings is 3. The zero-order valence-electron chi connectivity index (χ0n) is 16.5. The van der Waals surface area contributed by atoms with Crippen molar-refractivity contribution in [3.05, 3.63) is 82.9 Å². The van der Waals surface area contributed by atoms with Crippen molar-refractivity contribution in [3.8, 4) is 11.5 Å². The molecule has 31 heavy (non-hydrogen) atoms. The predicted octanol–water partition coefficient (Wildman–Crippen LogP) is 6.01. The first-order chi connectivity index (χ1) is 15.1. The van der Waals surface area contributed by atoms with Crippen LogP contribution in [0.2, 0.25) is 5.02 Å². The number of halogens is 1. The number of rotatable bonds is 7. The summed E-state index contributed by atoms with van der Waals surface area (Å²) in [4.78, 5) is 16.9. The van der Waals surface area contributed by atoms with Gasteiger partial charge in [0, 0.05) is 0 Å². The maximum Gasteiger partial charge on any atom is 0.345 e. The molecule has 0 saturated heterocycles. The first kappa shape index (κ1) is 20.8. The van der Waals surface area contributed by atoms with Crippen LogP contribution in [-0.4, -0.2) is 23.8 Å². The molecule has 0 spiro atoms. The average molecular weight is 452 g/mol. The van der Waals surface area contributed by atoms with Gasteiger partial charge >= 0.3 is 5.97 Å². The second-order valence-corrected chi connectivity index (χ2v) is 7.80. The number of ether oxygens (including phenoxy) is 2. The smallest absolute Gasteiger partial charge is 0.345 e. The van der Waals surface area contributed by atoms with E-state index in [-0.39, 0.29) is 5.56 Å². The van der Waals surface area contributed by atoms with Crippen LogP contribution in [-0.2, 0) is 0 Å². The SMILES string of the molecule is CCOc1cc(/C=N\Nc2nc3ccccc3s2)ccc1OC(=O)c1ccccc1Cl. The van der Waals surface area contributed by atoms with Crippen LogP contribution in [0.5, 0.6) is 11.5 Å². The summed E-state index contributed by atoms with van der Waals surface area (Å²) in [6, 6.07) is 19.8. The van der Waals surface area contributed by atoms with Gasteiger partial charge in [-0.15, -0.1) is 0 Å². The van der Waals surface area contributed by atoms with Gasteiger partial charge < -0.3 is 9.47 Å². The van der Waals surface area contributed by atoms with Crippen molar-refractivity contribution < 1.29 is 14.3 Å². The number of hydrazone groups is 1. The second-order valence-electron chi connectivity index (χ2n) is 6.37. The molecule has 0 bridgehead atoms. The summed E-state index contributed by atoms with van der Waals surface area (Å²) in [5.41, 5.74) is 4.93. The molecule has 0 atom stereocenters. The van der Waals surface area contributed by atoms with Crippen LogP contribution in [0.1, 0.15) is 22.8 Å². The molecule has 1 N–H and O–H groups in total. The number of carbonyl (C=O) groups excluding carboxylic acids is 1. The van der Waals surface area contributed by atoms with E-state index >= 15 is 0 Å². The zero-order chi connectivity index (χ0) is 21.6. The van der Waals surface area contributed by atoms with Gasteiger partial charge in [0.05, 0.1) is 33.6 Å². The monoisotopic (exact) mass is 451 g/mol. The molecule has 0 radical (unpaired) electrons. The predicted molar refractivity (Wildman–Crippen MR) is 125 cm³/mol. The topological polar surface area (TPSA) is 72.8 Å². The first-order valence-corrected chi connectivity index (χ1v) is 10.7. The molecule has 4 rings (SSSR count). The first-order valence-electron chi connectivity index (χ1n) is 9.52. The standard InChI is InChI=1S/C23H18ClN3O3S/c1-2-29-20-13-15(14-25-27-23-26-18-9-5-6-10-21(18)31-23)11-12-19(20)30-22(28)16-7-3-4-8-17(16)24/h3-14H,2H2,1H3,(H,26,27)/b25-14-. The van der Waals surface area contributed by atoms with E-state index in [1.807, 2.05) is 31.2 Å². The lowest BCUT2D eigenvalue weighted by Gasteiger charge is -2.11. The molecule has 0 aliphatic carbocycles. The van der Waals surface area contributed by atoms with Gasteiger partial charge in [0.25, 0.3) is 0 Å². The molecule has 0 fully saturated rings. The molecule has 6 nitrogen and oxygen atoms in total. The number of nitrogens with one attached hydrogen (secondary N) is 1. The quantitative estimate of drug-likeness (QED) is 0.161. The van der Waals surface area contributed by atoms with E-state index in [0.717, 1.165) is 15.8 Å². The number of hydrogen-bond acceptors (Lipinski definition) is 7. The third-order valence-electron chi connectivity index (χ3n) is 4.23. The van der Waals surface area contributed by atoms with Gasteiger partial charge in [-0.1, -0.05) is 47.2 Å². The van der Waals surface area contributed by atoms with E-state index in [0.29, 0.717) is 28.3 Å². The lowest BCUT2D eigenvalue weighted by molar-refractivity contribution is 0.0728. The minimum Gasteiger partial charge on any atom is -0.490 e. The second kappa shape index (κ2) is 9.59. The summed E-state index contributed by atoms with van der Waals surface area (Å²) in [5, 5.41) is 5.28. The van der Waals surface area contributed by atoms with Crippen LogP contribution in [0, 0.1) is 0 Å². The van der Waals surface area contributed by atoms with Gasteiger partial charge in [-0.05, 0) is 55.0 Å². The molecule has 1 heterocycles. The highest BCUT2D eigenvalue weighted by Gasteiger charge is 2.15. The summed E-state index contributed by atoms with van der Waals surface area (Å²) in [7, 11) is 0. The van der Waals surface area contributed by atoms with Gasteiger partial charge in [-0.25, -0.2) is 9.78 Å². The van der Waals surface area contributed by atoms with E-state index in [4.69, 9.17) is 21.1 Å². The molecule has 3 aromatic carbocycles. The molecule has 0 aliphatic rings. The molecule has 156 valence electrons. The Kier molecular flexibility index (Phi) is 6.45. The Bertz CT molecular complexity index is 1220. The number of nitrogens with zero attached hydrogens (tertiary/aromatic N) is 2. The minimum atomic E-state index is -0.550. The van der Waals surface area contributed by atoms with E-state index in [2.05, 4.69) is 15.5 Å². The van der Waals surface area contributed by atoms with Crippen molar-refractivity contribution in [2.75, 3.05) is 12.0 Å². The van der Waals surface area contributed by atoms with Crippen molar-refractivity contribution >= 4 is 50.5 Å². The van der Waals surface area contributed by atoms with Crippen molar-refractivity contribution in [2.24, 2.45) is 5.10 Å². The average Bonchev–Trinajstić information content (AvgIpc) is 3.19. The van der Waals surface area contributed by atoms with Crippen molar-refractivity contribution in [2.45, 2.75) is 6.92 Å². The minimum absolute atomic E-state index is 0.289. The number of hydrogen-bond donors (Lipinski definition) is 1. The van der Waals surface area contributed by atoms with Crippen LogP contribution in [0.3, 0.4) is 0 Å². The highest BCUT2D eigenvalue weighted by molar-refractivity contribution is 7.22. The molecule has 4 aromatic rings. The molecule has 0 unspecified atom stereocenters. The van der Waals surface area contributed by atoms with Crippen LogP contribution in [0.25, 0.3) is 10.2 Å². The lowest BCUT2D eigenvalue weighted by Crippen LogP contribution is -2.10. The fourth-order valence-electron chi connectivity index (χ4n) is 2.82. The van der Waals surface area contributed by atoms with Gasteiger partial charge in [-0.2, -0.15) is 5.10 Å². The number of esters is 1. The molecule has 0 amide bonds. The fraction of sp³-hybridized carbons (Fsp3) is 0.0870. The van der Waals surface area contributed by atoms with E-state index in [1.165, 1.54) is 11.3 Å². The number of carbonyl (C=O) groups is 1. The molecule has 0 aliphatic heterocycles. The van der Waals surface area contributed by atoms with E-state index in [1.54, 1.807) is 48.7 Å². The Labute approximate surface area is 188 Å². The molecular weight excluding hydrogens is 434 g/mol. The number of fused-ring (bicyclic) bond motifs is 1. The van der Waals surface area contributed by atoms with Crippen molar-refractivity contribution in [1.82, 2.24) is 4.98 Å². The largest absolute Gasteiger partial charge is 0.490 e. The molecule has 8 heteroatoms. The number of thiazole rings is 1. The Morgan fingerprint density at radius 2 is 1.94 bits per heavy atom. The van der Waals surface area contributed by atoms with Gasteiger partial charge in [0.1, 0.15) is 0 Å². The summed E-state index contributed by atoms with van der Waals surface area (Å²) in [6.45, 7) is 2.27. The van der Waals surface area contributed by atoms with Gasteiger partial charge in [-0.3, -0.25) is 5.43 Å². The van der Waals surface area contributed by atoms with Crippen LogP contribution in [0.4, 0.5) is 5.13 Å². The molecular formula is C23H18ClN3O3S. The normalized spacial score (nSPS) is 11.0. The van der Waals surface area contributed by atoms with Crippen LogP contribution in [0.15, 0.2) is 71.8 Å². The van der Waals surface area contributed by atoms with E-state index < -0.39 is 5.97 Å². The third-order valence-corrected chi connectivity index (χ3v) is 5.50. The number of para-hydroxylation sites is 1. The summed E-state index contributed by atoms with van der Waals surface area (Å²) in [5.74, 6) is 0.195. The van der Waals surface area contributed by atoms with Crippen LogP contribution >= 0.6 is 22.9 Å². The summed E-state index contributed by atoms with van der Waals surface area (Å²) < 4.78 is 12.2. The Morgan fingerprint density at radius 1 is 1.13 bits per heavy atom. The maximum atomic E-state index is 12.5. The van der Waals surface area contributed by atoms with Crippen LogP contribution < -0.4 is 14.9 Å². The summed E-state index contributed by atoms with van der Waals surface area (Å²) in [6.07, 6.45) is 1.65. The Hall–Kier alpha value is -3.42.